The van der Waals surface area contributed by atoms with Crippen LogP contribution in [0.5, 0.6) is 11.6 Å². The average molecular weight is 355 g/mol. The van der Waals surface area contributed by atoms with Crippen molar-refractivity contribution < 1.29 is 14.4 Å². The summed E-state index contributed by atoms with van der Waals surface area (Å²) in [6.45, 7) is 0.181. The number of hydrogen-bond donors (Lipinski definition) is 1. The summed E-state index contributed by atoms with van der Waals surface area (Å²) >= 11 is 3.19. The lowest BCUT2D eigenvalue weighted by molar-refractivity contribution is -0.385. The zero-order valence-corrected chi connectivity index (χ0v) is 12.5. The van der Waals surface area contributed by atoms with Crippen LogP contribution in [0.15, 0.2) is 28.7 Å². The van der Waals surface area contributed by atoms with E-state index in [1.165, 1.54) is 25.3 Å². The molecule has 0 atom stereocenters. The van der Waals surface area contributed by atoms with Gasteiger partial charge in [-0.3, -0.25) is 10.1 Å². The molecule has 0 unspecified atom stereocenters. The normalized spacial score (nSPS) is 10.4. The summed E-state index contributed by atoms with van der Waals surface area (Å²) < 4.78 is 10.9. The van der Waals surface area contributed by atoms with Crippen LogP contribution in [0.4, 0.5) is 11.5 Å². The summed E-state index contributed by atoms with van der Waals surface area (Å²) in [4.78, 5) is 18.4. The third-order valence-electron chi connectivity index (χ3n) is 2.33. The van der Waals surface area contributed by atoms with E-state index in [0.717, 1.165) is 0 Å². The lowest BCUT2D eigenvalue weighted by Gasteiger charge is -2.07. The van der Waals surface area contributed by atoms with Crippen LogP contribution < -0.4 is 10.5 Å². The standard InChI is InChI=1S/C12H11BrN4O4/c1-20-6-11-15-10(14)5-12(16-11)21-9-3-7(13)2-8(4-9)17(18)19/h2-5H,6H2,1H3,(H2,14,15,16). The number of halogens is 1. The number of aromatic nitrogens is 2. The first-order valence-corrected chi connectivity index (χ1v) is 6.52. The van der Waals surface area contributed by atoms with Crippen molar-refractivity contribution in [3.8, 4) is 11.6 Å². The predicted molar refractivity (Wildman–Crippen MR) is 78.0 cm³/mol. The zero-order valence-electron chi connectivity index (χ0n) is 10.9. The number of nitrogen functional groups attached to an aromatic ring is 1. The van der Waals surface area contributed by atoms with Crippen LogP contribution in [-0.2, 0) is 11.3 Å². The average Bonchev–Trinajstić information content (AvgIpc) is 2.37. The lowest BCUT2D eigenvalue weighted by Crippen LogP contribution is -2.02. The minimum Gasteiger partial charge on any atom is -0.439 e. The van der Waals surface area contributed by atoms with Gasteiger partial charge in [0.05, 0.1) is 11.0 Å². The number of nitro benzene ring substituents is 1. The largest absolute Gasteiger partial charge is 0.439 e. The van der Waals surface area contributed by atoms with Gasteiger partial charge >= 0.3 is 0 Å². The third kappa shape index (κ3) is 4.10. The van der Waals surface area contributed by atoms with Gasteiger partial charge in [-0.05, 0) is 6.07 Å². The van der Waals surface area contributed by atoms with Crippen LogP contribution in [-0.4, -0.2) is 22.0 Å². The van der Waals surface area contributed by atoms with Crippen molar-refractivity contribution in [3.63, 3.8) is 0 Å². The van der Waals surface area contributed by atoms with Gasteiger partial charge in [-0.2, -0.15) is 4.98 Å². The second kappa shape index (κ2) is 6.46. The highest BCUT2D eigenvalue weighted by molar-refractivity contribution is 9.10. The number of non-ortho nitro benzene ring substituents is 1. The third-order valence-corrected chi connectivity index (χ3v) is 2.79. The zero-order chi connectivity index (χ0) is 15.4. The molecule has 0 aliphatic rings. The van der Waals surface area contributed by atoms with Gasteiger partial charge < -0.3 is 15.2 Å². The molecule has 0 radical (unpaired) electrons. The maximum Gasteiger partial charge on any atom is 0.274 e. The summed E-state index contributed by atoms with van der Waals surface area (Å²) in [5.41, 5.74) is 5.55. The SMILES string of the molecule is COCc1nc(N)cc(Oc2cc(Br)cc([N+](=O)[O-])c2)n1. The number of nitrogens with zero attached hydrogens (tertiary/aromatic N) is 3. The van der Waals surface area contributed by atoms with Crippen molar-refractivity contribution in [1.29, 1.82) is 0 Å². The van der Waals surface area contributed by atoms with E-state index in [1.807, 2.05) is 0 Å². The molecule has 2 N–H and O–H groups in total. The molecule has 110 valence electrons. The summed E-state index contributed by atoms with van der Waals surface area (Å²) in [6, 6.07) is 5.67. The van der Waals surface area contributed by atoms with Gasteiger partial charge in [0, 0.05) is 23.7 Å². The minimum atomic E-state index is -0.512. The number of anilines is 1. The Bertz CT molecular complexity index is 680. The number of benzene rings is 1. The van der Waals surface area contributed by atoms with E-state index >= 15 is 0 Å². The first-order chi connectivity index (χ1) is 9.97. The summed E-state index contributed by atoms with van der Waals surface area (Å²) in [5, 5.41) is 10.8. The lowest BCUT2D eigenvalue weighted by atomic mass is 10.3. The Morgan fingerprint density at radius 3 is 2.76 bits per heavy atom. The van der Waals surface area contributed by atoms with Gasteiger partial charge in [0.25, 0.3) is 5.69 Å². The molecule has 0 saturated carbocycles. The molecule has 21 heavy (non-hydrogen) atoms. The monoisotopic (exact) mass is 354 g/mol. The molecule has 8 nitrogen and oxygen atoms in total. The Morgan fingerprint density at radius 1 is 1.33 bits per heavy atom. The Hall–Kier alpha value is -2.26. The molecule has 0 amide bonds. The van der Waals surface area contributed by atoms with Gasteiger partial charge in [-0.1, -0.05) is 15.9 Å². The van der Waals surface area contributed by atoms with Gasteiger partial charge in [-0.25, -0.2) is 4.98 Å². The number of nitrogens with two attached hydrogens (primary N) is 1. The number of hydrogen-bond acceptors (Lipinski definition) is 7. The van der Waals surface area contributed by atoms with Crippen LogP contribution >= 0.6 is 15.9 Å². The highest BCUT2D eigenvalue weighted by Crippen LogP contribution is 2.29. The van der Waals surface area contributed by atoms with E-state index in [1.54, 1.807) is 6.07 Å². The van der Waals surface area contributed by atoms with Crippen molar-refractivity contribution in [2.24, 2.45) is 0 Å². The molecule has 0 fully saturated rings. The molecule has 1 aromatic heterocycles. The highest BCUT2D eigenvalue weighted by Gasteiger charge is 2.11. The number of nitro groups is 1. The molecule has 2 aromatic rings. The van der Waals surface area contributed by atoms with Gasteiger partial charge in [0.1, 0.15) is 18.2 Å². The number of ether oxygens (including phenoxy) is 2. The van der Waals surface area contributed by atoms with Gasteiger partial charge in [0.2, 0.25) is 5.88 Å². The van der Waals surface area contributed by atoms with E-state index in [4.69, 9.17) is 15.2 Å². The maximum atomic E-state index is 10.8. The number of methoxy groups -OCH3 is 1. The first kappa shape index (κ1) is 15.1. The smallest absolute Gasteiger partial charge is 0.274 e. The Kier molecular flexibility index (Phi) is 4.66. The molecule has 2 rings (SSSR count). The molecule has 0 aliphatic carbocycles. The van der Waals surface area contributed by atoms with Crippen LogP contribution in [0.25, 0.3) is 0 Å². The first-order valence-electron chi connectivity index (χ1n) is 5.73. The minimum absolute atomic E-state index is 0.0986. The summed E-state index contributed by atoms with van der Waals surface area (Å²) in [6.07, 6.45) is 0. The second-order valence-corrected chi connectivity index (χ2v) is 4.90. The molecular weight excluding hydrogens is 344 g/mol. The molecule has 0 spiro atoms. The number of rotatable bonds is 5. The molecule has 1 heterocycles. The summed E-state index contributed by atoms with van der Waals surface area (Å²) in [7, 11) is 1.50. The molecular formula is C12H11BrN4O4. The van der Waals surface area contributed by atoms with Crippen molar-refractivity contribution >= 4 is 27.4 Å². The second-order valence-electron chi connectivity index (χ2n) is 3.98. The van der Waals surface area contributed by atoms with E-state index in [-0.39, 0.29) is 29.7 Å². The van der Waals surface area contributed by atoms with Crippen LogP contribution in [0, 0.1) is 10.1 Å². The van der Waals surface area contributed by atoms with Gasteiger partial charge in [0.15, 0.2) is 5.82 Å². The fraction of sp³-hybridized carbons (Fsp3) is 0.167. The van der Waals surface area contributed by atoms with Crippen LogP contribution in [0.1, 0.15) is 5.82 Å². The van der Waals surface area contributed by atoms with Crippen molar-refractivity contribution in [3.05, 3.63) is 44.7 Å². The van der Waals surface area contributed by atoms with E-state index < -0.39 is 4.92 Å². The molecule has 1 aromatic carbocycles. The Morgan fingerprint density at radius 2 is 2.10 bits per heavy atom. The fourth-order valence-electron chi connectivity index (χ4n) is 1.57. The van der Waals surface area contributed by atoms with Crippen molar-refractivity contribution in [2.75, 3.05) is 12.8 Å². The van der Waals surface area contributed by atoms with E-state index in [9.17, 15) is 10.1 Å². The molecule has 0 saturated heterocycles. The molecule has 0 bridgehead atoms. The Balaban J connectivity index is 2.31. The quantitative estimate of drug-likeness (QED) is 0.648. The van der Waals surface area contributed by atoms with Crippen molar-refractivity contribution in [1.82, 2.24) is 9.97 Å². The van der Waals surface area contributed by atoms with Crippen LogP contribution in [0.3, 0.4) is 0 Å². The fourth-order valence-corrected chi connectivity index (χ4v) is 2.03. The van der Waals surface area contributed by atoms with Crippen molar-refractivity contribution in [2.45, 2.75) is 6.61 Å². The van der Waals surface area contributed by atoms with Gasteiger partial charge in [-0.15, -0.1) is 0 Å². The molecule has 9 heteroatoms. The molecule has 0 aliphatic heterocycles. The van der Waals surface area contributed by atoms with E-state index in [0.29, 0.717) is 10.3 Å². The predicted octanol–water partition coefficient (Wildman–Crippen LogP) is 2.67. The summed E-state index contributed by atoms with van der Waals surface area (Å²) in [5.74, 6) is 1.02. The Labute approximate surface area is 128 Å². The highest BCUT2D eigenvalue weighted by atomic mass is 79.9. The van der Waals surface area contributed by atoms with Crippen LogP contribution in [0.2, 0.25) is 0 Å². The topological polar surface area (TPSA) is 113 Å². The maximum absolute atomic E-state index is 10.8. The van der Waals surface area contributed by atoms with E-state index in [2.05, 4.69) is 25.9 Å².